The number of rotatable bonds is 8. The summed E-state index contributed by atoms with van der Waals surface area (Å²) < 4.78 is 66.7. The van der Waals surface area contributed by atoms with E-state index >= 15 is 0 Å². The maximum absolute atomic E-state index is 13.5. The van der Waals surface area contributed by atoms with E-state index in [1.54, 1.807) is 17.0 Å². The minimum absolute atomic E-state index is 0.0149. The maximum atomic E-state index is 13.5. The van der Waals surface area contributed by atoms with Crippen molar-refractivity contribution < 1.29 is 41.4 Å². The molecule has 12 heteroatoms. The third-order valence-corrected chi connectivity index (χ3v) is 7.63. The number of benzene rings is 2. The first kappa shape index (κ1) is 32.8. The first-order valence-electron chi connectivity index (χ1n) is 13.6. The number of hydrogen-bond donors (Lipinski definition) is 3. The molecular formula is C30H36F5N3O4. The summed E-state index contributed by atoms with van der Waals surface area (Å²) >= 11 is 0. The van der Waals surface area contributed by atoms with E-state index in [1.807, 2.05) is 5.32 Å². The van der Waals surface area contributed by atoms with Crippen LogP contribution in [0.4, 0.5) is 32.4 Å². The first-order valence-corrected chi connectivity index (χ1v) is 13.6. The summed E-state index contributed by atoms with van der Waals surface area (Å²) in [5, 5.41) is 13.0. The normalized spacial score (nSPS) is 17.8. The largest absolute Gasteiger partial charge is 0.477 e. The molecule has 0 aliphatic heterocycles. The molecule has 2 aromatic carbocycles. The predicted octanol–water partition coefficient (Wildman–Crippen LogP) is 7.10. The molecule has 0 spiro atoms. The van der Waals surface area contributed by atoms with Gasteiger partial charge in [-0.2, -0.15) is 22.0 Å². The molecule has 1 saturated carbocycles. The highest BCUT2D eigenvalue weighted by molar-refractivity contribution is 5.94. The molecule has 1 fully saturated rings. The number of aliphatic carboxylic acids is 1. The molecule has 0 saturated heterocycles. The number of anilines is 1. The van der Waals surface area contributed by atoms with E-state index in [1.165, 1.54) is 25.1 Å². The van der Waals surface area contributed by atoms with Crippen LogP contribution in [0.15, 0.2) is 42.5 Å². The number of nitrogens with one attached hydrogen (secondary N) is 2. The van der Waals surface area contributed by atoms with Crippen molar-refractivity contribution in [1.82, 2.24) is 10.2 Å². The fourth-order valence-corrected chi connectivity index (χ4v) is 5.16. The lowest BCUT2D eigenvalue weighted by atomic mass is 9.71. The highest BCUT2D eigenvalue weighted by Crippen LogP contribution is 2.39. The lowest BCUT2D eigenvalue weighted by Crippen LogP contribution is -2.45. The fourth-order valence-electron chi connectivity index (χ4n) is 5.16. The molecule has 0 unspecified atom stereocenters. The average Bonchev–Trinajstić information content (AvgIpc) is 2.89. The monoisotopic (exact) mass is 597 g/mol. The third kappa shape index (κ3) is 8.65. The van der Waals surface area contributed by atoms with Crippen molar-refractivity contribution in [3.05, 3.63) is 64.7 Å². The second-order valence-corrected chi connectivity index (χ2v) is 11.9. The summed E-state index contributed by atoms with van der Waals surface area (Å²) in [5.74, 6) is -6.91. The van der Waals surface area contributed by atoms with Crippen LogP contribution in [0.5, 0.6) is 0 Å². The van der Waals surface area contributed by atoms with Crippen molar-refractivity contribution >= 4 is 23.6 Å². The minimum atomic E-state index is -4.58. The number of carboxylic acid groups (broad SMARTS) is 1. The van der Waals surface area contributed by atoms with Crippen molar-refractivity contribution in [2.45, 2.75) is 78.1 Å². The summed E-state index contributed by atoms with van der Waals surface area (Å²) in [5.41, 5.74) is 0.207. The Labute approximate surface area is 241 Å². The molecule has 0 heterocycles. The van der Waals surface area contributed by atoms with E-state index in [0.717, 1.165) is 25.0 Å². The molecule has 0 bridgehead atoms. The Balaban J connectivity index is 1.79. The van der Waals surface area contributed by atoms with Gasteiger partial charge in [-0.1, -0.05) is 32.9 Å². The summed E-state index contributed by atoms with van der Waals surface area (Å²) in [6.07, 6.45) is -1.42. The quantitative estimate of drug-likeness (QED) is 0.283. The van der Waals surface area contributed by atoms with Gasteiger partial charge < -0.3 is 20.6 Å². The number of urea groups is 1. The molecule has 1 aliphatic rings. The van der Waals surface area contributed by atoms with Crippen LogP contribution in [0.2, 0.25) is 0 Å². The average molecular weight is 598 g/mol. The zero-order valence-electron chi connectivity index (χ0n) is 23.9. The Bertz CT molecular complexity index is 1280. The van der Waals surface area contributed by atoms with Crippen LogP contribution in [0, 0.1) is 18.3 Å². The van der Waals surface area contributed by atoms with Crippen molar-refractivity contribution in [2.24, 2.45) is 11.3 Å². The molecule has 0 atom stereocenters. The van der Waals surface area contributed by atoms with Gasteiger partial charge in [0, 0.05) is 23.8 Å². The number of carbonyl (C=O) groups is 3. The summed E-state index contributed by atoms with van der Waals surface area (Å²) in [7, 11) is 0. The van der Waals surface area contributed by atoms with Crippen LogP contribution < -0.4 is 10.6 Å². The predicted molar refractivity (Wildman–Crippen MR) is 147 cm³/mol. The van der Waals surface area contributed by atoms with Gasteiger partial charge in [-0.15, -0.1) is 0 Å². The van der Waals surface area contributed by atoms with Crippen LogP contribution >= 0.6 is 0 Å². The van der Waals surface area contributed by atoms with Gasteiger partial charge in [0.2, 0.25) is 0 Å². The minimum Gasteiger partial charge on any atom is -0.477 e. The van der Waals surface area contributed by atoms with E-state index in [9.17, 15) is 36.3 Å². The Morgan fingerprint density at radius 1 is 0.929 bits per heavy atom. The van der Waals surface area contributed by atoms with Gasteiger partial charge in [0.25, 0.3) is 5.91 Å². The second kappa shape index (κ2) is 12.7. The number of nitrogens with zero attached hydrogens (tertiary/aromatic N) is 1. The molecule has 0 radical (unpaired) electrons. The summed E-state index contributed by atoms with van der Waals surface area (Å²) in [6, 6.07) is 8.42. The van der Waals surface area contributed by atoms with E-state index in [2.05, 4.69) is 26.1 Å². The van der Waals surface area contributed by atoms with E-state index in [0.29, 0.717) is 29.9 Å². The molecule has 3 N–H and O–H groups in total. The van der Waals surface area contributed by atoms with Gasteiger partial charge in [-0.25, -0.2) is 9.59 Å². The lowest BCUT2D eigenvalue weighted by molar-refractivity contribution is -0.163. The molecule has 0 aromatic heterocycles. The van der Waals surface area contributed by atoms with E-state index in [4.69, 9.17) is 5.11 Å². The van der Waals surface area contributed by atoms with Crippen LogP contribution in [0.1, 0.15) is 73.5 Å². The lowest BCUT2D eigenvalue weighted by Gasteiger charge is -2.41. The molecule has 3 amide bonds. The topological polar surface area (TPSA) is 98.7 Å². The van der Waals surface area contributed by atoms with Crippen molar-refractivity contribution in [2.75, 3.05) is 11.9 Å². The van der Waals surface area contributed by atoms with Gasteiger partial charge in [0.15, 0.2) is 0 Å². The highest BCUT2D eigenvalue weighted by Gasteiger charge is 2.39. The number of carbonyl (C=O) groups excluding carboxylic acids is 2. The maximum Gasteiger partial charge on any atom is 0.416 e. The van der Waals surface area contributed by atoms with Crippen LogP contribution in [0.25, 0.3) is 0 Å². The molecule has 1 aliphatic carbocycles. The smallest absolute Gasteiger partial charge is 0.416 e. The van der Waals surface area contributed by atoms with Gasteiger partial charge >= 0.3 is 24.1 Å². The van der Waals surface area contributed by atoms with Crippen LogP contribution in [0.3, 0.4) is 0 Å². The number of halogens is 5. The van der Waals surface area contributed by atoms with E-state index < -0.39 is 42.1 Å². The Morgan fingerprint density at radius 3 is 2.05 bits per heavy atom. The molecule has 42 heavy (non-hydrogen) atoms. The number of aryl methyl sites for hydroxylation is 1. The van der Waals surface area contributed by atoms with Crippen molar-refractivity contribution in [3.8, 4) is 0 Å². The molecule has 2 aromatic rings. The number of carboxylic acids is 1. The molecular weight excluding hydrogens is 561 g/mol. The van der Waals surface area contributed by atoms with Crippen LogP contribution in [-0.4, -0.2) is 46.4 Å². The van der Waals surface area contributed by atoms with Gasteiger partial charge in [0.05, 0.1) is 12.1 Å². The van der Waals surface area contributed by atoms with Gasteiger partial charge in [0.1, 0.15) is 0 Å². The number of amides is 3. The van der Waals surface area contributed by atoms with Crippen molar-refractivity contribution in [1.29, 1.82) is 0 Å². The fraction of sp³-hybridized carbons (Fsp3) is 0.500. The van der Waals surface area contributed by atoms with Crippen LogP contribution in [-0.2, 0) is 17.5 Å². The Hall–Kier alpha value is -3.70. The SMILES string of the molecule is Cc1cc(NC(=O)N(Cc2ccc(C(=O)NCC(F)(F)C(=O)O)cc2)C2CCC(C(C)(C)C)CC2)cc(C(F)(F)F)c1. The molecule has 3 rings (SSSR count). The zero-order valence-corrected chi connectivity index (χ0v) is 23.9. The van der Waals surface area contributed by atoms with Gasteiger partial charge in [-0.05, 0) is 85.4 Å². The number of hydrogen-bond acceptors (Lipinski definition) is 3. The summed E-state index contributed by atoms with van der Waals surface area (Å²) in [4.78, 5) is 37.9. The first-order chi connectivity index (χ1) is 19.4. The third-order valence-electron chi connectivity index (χ3n) is 7.63. The van der Waals surface area contributed by atoms with Crippen molar-refractivity contribution in [3.63, 3.8) is 0 Å². The van der Waals surface area contributed by atoms with E-state index in [-0.39, 0.29) is 29.3 Å². The molecule has 230 valence electrons. The summed E-state index contributed by atoms with van der Waals surface area (Å²) in [6.45, 7) is 6.73. The second-order valence-electron chi connectivity index (χ2n) is 11.9. The Morgan fingerprint density at radius 2 is 1.52 bits per heavy atom. The molecule has 7 nitrogen and oxygen atoms in total. The highest BCUT2D eigenvalue weighted by atomic mass is 19.4. The standard InChI is InChI=1S/C30H36F5N3O4/c1-18-13-22(30(33,34)35)15-23(14-18)37-27(42)38(24-11-9-21(10-12-24)28(2,3)4)16-19-5-7-20(8-6-19)25(39)36-17-29(31,32)26(40)41/h5-8,13-15,21,24H,9-12,16-17H2,1-4H3,(H,36,39)(H,37,42)(H,40,41). The Kier molecular flexibility index (Phi) is 9.89. The zero-order chi connectivity index (χ0) is 31.5. The van der Waals surface area contributed by atoms with Gasteiger partial charge in [-0.3, -0.25) is 4.79 Å². The number of alkyl halides is 5.